The van der Waals surface area contributed by atoms with Crippen LogP contribution in [0, 0.1) is 20.8 Å². The third kappa shape index (κ3) is 4.74. The van der Waals surface area contributed by atoms with Crippen molar-refractivity contribution < 1.29 is 9.47 Å². The van der Waals surface area contributed by atoms with Gasteiger partial charge in [-0.05, 0) is 38.5 Å². The van der Waals surface area contributed by atoms with Gasteiger partial charge in [0.05, 0.1) is 31.7 Å². The van der Waals surface area contributed by atoms with E-state index in [1.165, 1.54) is 21.4 Å². The molecule has 3 aromatic rings. The number of anilines is 1. The van der Waals surface area contributed by atoms with E-state index in [0.29, 0.717) is 6.61 Å². The van der Waals surface area contributed by atoms with E-state index in [9.17, 15) is 0 Å². The molecule has 0 N–H and O–H groups in total. The molecule has 1 aliphatic rings. The fraction of sp³-hybridized carbons (Fsp3) is 0.478. The van der Waals surface area contributed by atoms with E-state index in [2.05, 4.69) is 49.8 Å². The Bertz CT molecular complexity index is 997. The highest BCUT2D eigenvalue weighted by Crippen LogP contribution is 2.34. The lowest BCUT2D eigenvalue weighted by Gasteiger charge is -2.26. The lowest BCUT2D eigenvalue weighted by atomic mass is 10.2. The predicted molar refractivity (Wildman–Crippen MR) is 123 cm³/mol. The van der Waals surface area contributed by atoms with E-state index in [-0.39, 0.29) is 0 Å². The molecule has 0 bridgehead atoms. The second-order valence-corrected chi connectivity index (χ2v) is 9.10. The van der Waals surface area contributed by atoms with Gasteiger partial charge >= 0.3 is 0 Å². The van der Waals surface area contributed by atoms with Gasteiger partial charge in [0.15, 0.2) is 0 Å². The lowest BCUT2D eigenvalue weighted by Crippen LogP contribution is -2.36. The number of nitrogens with zero attached hydrogens (tertiary/aromatic N) is 4. The first-order chi connectivity index (χ1) is 14.5. The Morgan fingerprint density at radius 2 is 1.83 bits per heavy atom. The summed E-state index contributed by atoms with van der Waals surface area (Å²) < 4.78 is 11.4. The summed E-state index contributed by atoms with van der Waals surface area (Å²) in [6.45, 7) is 11.9. The van der Waals surface area contributed by atoms with Crippen molar-refractivity contribution in [2.45, 2.75) is 27.3 Å². The molecule has 0 aliphatic carbocycles. The normalized spacial score (nSPS) is 14.9. The number of likely N-dealkylation sites (N-methyl/N-ethyl adjacent to an activating group) is 1. The summed E-state index contributed by atoms with van der Waals surface area (Å²) in [6.07, 6.45) is 0. The third-order valence-electron chi connectivity index (χ3n) is 5.60. The van der Waals surface area contributed by atoms with E-state index in [1.807, 2.05) is 12.1 Å². The fourth-order valence-electron chi connectivity index (χ4n) is 3.62. The number of thiophene rings is 1. The van der Waals surface area contributed by atoms with Gasteiger partial charge in [0.25, 0.3) is 0 Å². The van der Waals surface area contributed by atoms with E-state index >= 15 is 0 Å². The molecule has 2 aromatic heterocycles. The number of fused-ring (bicyclic) bond motifs is 1. The van der Waals surface area contributed by atoms with Crippen LogP contribution in [0.4, 0.5) is 5.82 Å². The van der Waals surface area contributed by atoms with Crippen LogP contribution in [0.25, 0.3) is 10.2 Å². The highest BCUT2D eigenvalue weighted by molar-refractivity contribution is 7.18. The Morgan fingerprint density at radius 1 is 1.10 bits per heavy atom. The molecule has 0 atom stereocenters. The van der Waals surface area contributed by atoms with Crippen LogP contribution < -0.4 is 9.64 Å². The number of aromatic nitrogens is 2. The van der Waals surface area contributed by atoms with Crippen molar-refractivity contribution in [3.05, 3.63) is 46.1 Å². The first-order valence-corrected chi connectivity index (χ1v) is 11.3. The molecule has 0 unspecified atom stereocenters. The van der Waals surface area contributed by atoms with Crippen molar-refractivity contribution >= 4 is 27.4 Å². The molecule has 0 saturated carbocycles. The number of morpholine rings is 1. The molecule has 160 valence electrons. The number of hydrogen-bond donors (Lipinski definition) is 0. The molecule has 3 heterocycles. The minimum atomic E-state index is 0.603. The Labute approximate surface area is 182 Å². The molecule has 4 rings (SSSR count). The van der Waals surface area contributed by atoms with E-state index in [1.54, 1.807) is 11.3 Å². The average Bonchev–Trinajstić information content (AvgIpc) is 3.03. The van der Waals surface area contributed by atoms with Crippen molar-refractivity contribution in [2.24, 2.45) is 0 Å². The zero-order valence-corrected chi connectivity index (χ0v) is 19.1. The number of benzene rings is 1. The zero-order chi connectivity index (χ0) is 21.1. The van der Waals surface area contributed by atoms with Gasteiger partial charge in [0.1, 0.15) is 28.8 Å². The van der Waals surface area contributed by atoms with E-state index in [4.69, 9.17) is 19.4 Å². The average molecular weight is 427 g/mol. The second-order valence-electron chi connectivity index (χ2n) is 7.90. The minimum Gasteiger partial charge on any atom is -0.492 e. The predicted octanol–water partition coefficient (Wildman–Crippen LogP) is 3.96. The summed E-state index contributed by atoms with van der Waals surface area (Å²) >= 11 is 1.76. The topological polar surface area (TPSA) is 50.7 Å². The van der Waals surface area contributed by atoms with Gasteiger partial charge in [0, 0.05) is 25.0 Å². The molecule has 1 saturated heterocycles. The van der Waals surface area contributed by atoms with Gasteiger partial charge in [-0.15, -0.1) is 11.3 Å². The van der Waals surface area contributed by atoms with Crippen LogP contribution in [0.5, 0.6) is 5.75 Å². The zero-order valence-electron chi connectivity index (χ0n) is 18.3. The number of hydrogen-bond acceptors (Lipinski definition) is 7. The molecule has 1 aliphatic heterocycles. The summed E-state index contributed by atoms with van der Waals surface area (Å²) in [4.78, 5) is 16.8. The Morgan fingerprint density at radius 3 is 2.57 bits per heavy atom. The molecule has 0 spiro atoms. The monoisotopic (exact) mass is 426 g/mol. The summed E-state index contributed by atoms with van der Waals surface area (Å²) in [6, 6.07) is 8.18. The standard InChI is InChI=1S/C23H30N4O2S/c1-16-5-7-19(8-6-16)29-14-9-26(4)22-21-17(2)18(3)30-23(21)25-20(24-22)15-27-10-12-28-13-11-27/h5-8H,9-15H2,1-4H3. The van der Waals surface area contributed by atoms with E-state index in [0.717, 1.165) is 61.6 Å². The van der Waals surface area contributed by atoms with Crippen LogP contribution in [-0.4, -0.2) is 61.4 Å². The first-order valence-electron chi connectivity index (χ1n) is 10.5. The van der Waals surface area contributed by atoms with Gasteiger partial charge < -0.3 is 14.4 Å². The maximum atomic E-state index is 5.95. The van der Waals surface area contributed by atoms with Crippen LogP contribution in [-0.2, 0) is 11.3 Å². The van der Waals surface area contributed by atoms with Crippen LogP contribution in [0.1, 0.15) is 21.8 Å². The van der Waals surface area contributed by atoms with Crippen LogP contribution in [0.3, 0.4) is 0 Å². The molecular formula is C23H30N4O2S. The quantitative estimate of drug-likeness (QED) is 0.570. The fourth-order valence-corrected chi connectivity index (χ4v) is 4.66. The van der Waals surface area contributed by atoms with Gasteiger partial charge in [-0.1, -0.05) is 17.7 Å². The maximum Gasteiger partial charge on any atom is 0.146 e. The Kier molecular flexibility index (Phi) is 6.51. The summed E-state index contributed by atoms with van der Waals surface area (Å²) in [5.74, 6) is 2.78. The van der Waals surface area contributed by atoms with Crippen LogP contribution >= 0.6 is 11.3 Å². The smallest absolute Gasteiger partial charge is 0.146 e. The highest BCUT2D eigenvalue weighted by Gasteiger charge is 2.19. The molecule has 30 heavy (non-hydrogen) atoms. The summed E-state index contributed by atoms with van der Waals surface area (Å²) in [5.41, 5.74) is 2.51. The number of ether oxygens (including phenoxy) is 2. The Balaban J connectivity index is 1.53. The molecule has 0 radical (unpaired) electrons. The van der Waals surface area contributed by atoms with Crippen LogP contribution in [0.2, 0.25) is 0 Å². The summed E-state index contributed by atoms with van der Waals surface area (Å²) in [7, 11) is 2.09. The maximum absolute atomic E-state index is 5.95. The van der Waals surface area contributed by atoms with Gasteiger partial charge in [-0.3, -0.25) is 4.90 Å². The number of aryl methyl sites for hydroxylation is 3. The van der Waals surface area contributed by atoms with Crippen molar-refractivity contribution in [1.82, 2.24) is 14.9 Å². The van der Waals surface area contributed by atoms with Crippen molar-refractivity contribution in [3.63, 3.8) is 0 Å². The summed E-state index contributed by atoms with van der Waals surface area (Å²) in [5, 5.41) is 1.17. The minimum absolute atomic E-state index is 0.603. The third-order valence-corrected chi connectivity index (χ3v) is 6.70. The van der Waals surface area contributed by atoms with E-state index < -0.39 is 0 Å². The van der Waals surface area contributed by atoms with Gasteiger partial charge in [-0.25, -0.2) is 9.97 Å². The van der Waals surface area contributed by atoms with Crippen molar-refractivity contribution in [1.29, 1.82) is 0 Å². The molecular weight excluding hydrogens is 396 g/mol. The molecule has 1 fully saturated rings. The van der Waals surface area contributed by atoms with Gasteiger partial charge in [-0.2, -0.15) is 0 Å². The first kappa shape index (κ1) is 21.0. The molecule has 1 aromatic carbocycles. The lowest BCUT2D eigenvalue weighted by molar-refractivity contribution is 0.0331. The Hall–Kier alpha value is -2.22. The molecule has 7 heteroatoms. The van der Waals surface area contributed by atoms with Gasteiger partial charge in [0.2, 0.25) is 0 Å². The molecule has 6 nitrogen and oxygen atoms in total. The van der Waals surface area contributed by atoms with Crippen molar-refractivity contribution in [2.75, 3.05) is 51.4 Å². The number of rotatable bonds is 7. The SMILES string of the molecule is Cc1ccc(OCCN(C)c2nc(CN3CCOCC3)nc3sc(C)c(C)c23)cc1. The largest absolute Gasteiger partial charge is 0.492 e. The highest BCUT2D eigenvalue weighted by atomic mass is 32.1. The van der Waals surface area contributed by atoms with Crippen molar-refractivity contribution in [3.8, 4) is 5.75 Å². The van der Waals surface area contributed by atoms with Crippen LogP contribution in [0.15, 0.2) is 24.3 Å². The second kappa shape index (κ2) is 9.29. The molecule has 0 amide bonds.